The molecule has 3 heterocycles. The standard InChI is InChI=1S/C16H22N4O2S/c1-17-12-4-3-8-20(10-12)15(21)14-6-5-13(22-14)11-23-16-18-7-9-19(16)2/h5-7,9,12,17H,3-4,8,10-11H2,1-2H3. The number of rotatable bonds is 5. The number of imidazole rings is 1. The van der Waals surface area contributed by atoms with Gasteiger partial charge in [0.2, 0.25) is 0 Å². The highest BCUT2D eigenvalue weighted by atomic mass is 32.2. The molecule has 1 saturated heterocycles. The average molecular weight is 334 g/mol. The number of carbonyl (C=O) groups is 1. The number of hydrogen-bond acceptors (Lipinski definition) is 5. The Kier molecular flexibility index (Phi) is 5.07. The third-order valence-corrected chi connectivity index (χ3v) is 5.19. The molecule has 1 unspecified atom stereocenters. The molecular weight excluding hydrogens is 312 g/mol. The van der Waals surface area contributed by atoms with Gasteiger partial charge in [0.05, 0.1) is 5.75 Å². The molecule has 1 atom stereocenters. The Morgan fingerprint density at radius 2 is 2.39 bits per heavy atom. The van der Waals surface area contributed by atoms with Gasteiger partial charge in [-0.25, -0.2) is 4.98 Å². The number of aryl methyl sites for hydroxylation is 1. The molecule has 1 amide bonds. The molecule has 23 heavy (non-hydrogen) atoms. The predicted octanol–water partition coefficient (Wildman–Crippen LogP) is 2.13. The number of aromatic nitrogens is 2. The van der Waals surface area contributed by atoms with Crippen LogP contribution >= 0.6 is 11.8 Å². The van der Waals surface area contributed by atoms with Gasteiger partial charge in [-0.05, 0) is 32.0 Å². The normalized spacial score (nSPS) is 18.3. The van der Waals surface area contributed by atoms with Crippen molar-refractivity contribution in [1.82, 2.24) is 19.8 Å². The van der Waals surface area contributed by atoms with Crippen LogP contribution in [0.5, 0.6) is 0 Å². The lowest BCUT2D eigenvalue weighted by molar-refractivity contribution is 0.0664. The summed E-state index contributed by atoms with van der Waals surface area (Å²) in [6.45, 7) is 1.54. The topological polar surface area (TPSA) is 63.3 Å². The number of amides is 1. The van der Waals surface area contributed by atoms with Crippen LogP contribution in [-0.2, 0) is 12.8 Å². The Bertz CT molecular complexity index is 667. The number of nitrogens with zero attached hydrogens (tertiary/aromatic N) is 3. The highest BCUT2D eigenvalue weighted by Crippen LogP contribution is 2.23. The summed E-state index contributed by atoms with van der Waals surface area (Å²) >= 11 is 1.59. The Morgan fingerprint density at radius 1 is 1.52 bits per heavy atom. The zero-order valence-electron chi connectivity index (χ0n) is 13.5. The number of carbonyl (C=O) groups excluding carboxylic acids is 1. The summed E-state index contributed by atoms with van der Waals surface area (Å²) in [5, 5.41) is 4.18. The van der Waals surface area contributed by atoms with Gasteiger partial charge < -0.3 is 19.2 Å². The molecular formula is C16H22N4O2S. The Labute approximate surface area is 140 Å². The molecule has 1 N–H and O–H groups in total. The Morgan fingerprint density at radius 3 is 3.13 bits per heavy atom. The van der Waals surface area contributed by atoms with Crippen molar-refractivity contribution in [1.29, 1.82) is 0 Å². The summed E-state index contributed by atoms with van der Waals surface area (Å²) in [4.78, 5) is 18.7. The molecule has 7 heteroatoms. The second kappa shape index (κ2) is 7.23. The van der Waals surface area contributed by atoms with Crippen LogP contribution in [0.15, 0.2) is 34.1 Å². The van der Waals surface area contributed by atoms with E-state index >= 15 is 0 Å². The number of likely N-dealkylation sites (tertiary alicyclic amines) is 1. The molecule has 124 valence electrons. The van der Waals surface area contributed by atoms with Gasteiger partial charge in [0, 0.05) is 38.6 Å². The minimum absolute atomic E-state index is 0.0156. The lowest BCUT2D eigenvalue weighted by Gasteiger charge is -2.31. The van der Waals surface area contributed by atoms with Gasteiger partial charge in [0.15, 0.2) is 10.9 Å². The summed E-state index contributed by atoms with van der Waals surface area (Å²) in [6, 6.07) is 4.03. The molecule has 0 aliphatic carbocycles. The van der Waals surface area contributed by atoms with Gasteiger partial charge in [-0.2, -0.15) is 0 Å². The maximum absolute atomic E-state index is 12.5. The average Bonchev–Trinajstić information content (AvgIpc) is 3.21. The van der Waals surface area contributed by atoms with E-state index in [1.807, 2.05) is 35.8 Å². The van der Waals surface area contributed by atoms with E-state index in [0.29, 0.717) is 17.6 Å². The third kappa shape index (κ3) is 3.79. The monoisotopic (exact) mass is 334 g/mol. The predicted molar refractivity (Wildman–Crippen MR) is 89.5 cm³/mol. The van der Waals surface area contributed by atoms with Crippen molar-refractivity contribution in [2.24, 2.45) is 7.05 Å². The van der Waals surface area contributed by atoms with E-state index < -0.39 is 0 Å². The van der Waals surface area contributed by atoms with Crippen LogP contribution in [0.3, 0.4) is 0 Å². The molecule has 0 radical (unpaired) electrons. The van der Waals surface area contributed by atoms with Gasteiger partial charge in [0.25, 0.3) is 5.91 Å². The van der Waals surface area contributed by atoms with Crippen LogP contribution in [0.1, 0.15) is 29.2 Å². The zero-order chi connectivity index (χ0) is 16.2. The summed E-state index contributed by atoms with van der Waals surface area (Å²) in [7, 11) is 3.90. The molecule has 0 aromatic carbocycles. The maximum atomic E-state index is 12.5. The smallest absolute Gasteiger partial charge is 0.289 e. The molecule has 0 spiro atoms. The first-order valence-corrected chi connectivity index (χ1v) is 8.81. The first kappa shape index (κ1) is 16.1. The van der Waals surface area contributed by atoms with Gasteiger partial charge in [-0.1, -0.05) is 11.8 Å². The van der Waals surface area contributed by atoms with Crippen molar-refractivity contribution >= 4 is 17.7 Å². The van der Waals surface area contributed by atoms with E-state index in [9.17, 15) is 4.79 Å². The van der Waals surface area contributed by atoms with Crippen LogP contribution in [0, 0.1) is 0 Å². The fraction of sp³-hybridized carbons (Fsp3) is 0.500. The van der Waals surface area contributed by atoms with E-state index in [-0.39, 0.29) is 5.91 Å². The van der Waals surface area contributed by atoms with Crippen LogP contribution in [-0.4, -0.2) is 46.5 Å². The molecule has 1 aliphatic heterocycles. The minimum Gasteiger partial charge on any atom is -0.455 e. The lowest BCUT2D eigenvalue weighted by Crippen LogP contribution is -2.46. The summed E-state index contributed by atoms with van der Waals surface area (Å²) in [6.07, 6.45) is 5.83. The van der Waals surface area contributed by atoms with Crippen molar-refractivity contribution in [2.75, 3.05) is 20.1 Å². The molecule has 2 aromatic rings. The van der Waals surface area contributed by atoms with E-state index in [2.05, 4.69) is 10.3 Å². The van der Waals surface area contributed by atoms with E-state index in [1.54, 1.807) is 24.0 Å². The number of nitrogens with one attached hydrogen (secondary N) is 1. The van der Waals surface area contributed by atoms with Gasteiger partial charge in [0.1, 0.15) is 5.76 Å². The SMILES string of the molecule is CNC1CCCN(C(=O)c2ccc(CSc3nccn3C)o2)C1. The second-order valence-corrected chi connectivity index (χ2v) is 6.70. The van der Waals surface area contributed by atoms with Crippen LogP contribution in [0.25, 0.3) is 0 Å². The minimum atomic E-state index is -0.0156. The van der Waals surface area contributed by atoms with Gasteiger partial charge >= 0.3 is 0 Å². The second-order valence-electron chi connectivity index (χ2n) is 5.75. The van der Waals surface area contributed by atoms with Crippen molar-refractivity contribution in [3.63, 3.8) is 0 Å². The van der Waals surface area contributed by atoms with Gasteiger partial charge in [-0.3, -0.25) is 4.79 Å². The molecule has 1 aliphatic rings. The van der Waals surface area contributed by atoms with E-state index in [4.69, 9.17) is 4.42 Å². The fourth-order valence-corrected chi connectivity index (χ4v) is 3.58. The number of furan rings is 1. The van der Waals surface area contributed by atoms with E-state index in [0.717, 1.165) is 36.8 Å². The summed E-state index contributed by atoms with van der Waals surface area (Å²) in [5.74, 6) is 1.87. The molecule has 0 saturated carbocycles. The molecule has 3 rings (SSSR count). The molecule has 2 aromatic heterocycles. The fourth-order valence-electron chi connectivity index (χ4n) is 2.75. The van der Waals surface area contributed by atoms with E-state index in [1.165, 1.54) is 0 Å². The van der Waals surface area contributed by atoms with Crippen LogP contribution < -0.4 is 5.32 Å². The Balaban J connectivity index is 1.60. The summed E-state index contributed by atoms with van der Waals surface area (Å²) in [5.41, 5.74) is 0. The number of hydrogen-bond donors (Lipinski definition) is 1. The zero-order valence-corrected chi connectivity index (χ0v) is 14.3. The number of thioether (sulfide) groups is 1. The van der Waals surface area contributed by atoms with Crippen molar-refractivity contribution in [3.05, 3.63) is 36.0 Å². The highest BCUT2D eigenvalue weighted by molar-refractivity contribution is 7.98. The molecule has 6 nitrogen and oxygen atoms in total. The van der Waals surface area contributed by atoms with Crippen molar-refractivity contribution < 1.29 is 9.21 Å². The lowest BCUT2D eigenvalue weighted by atomic mass is 10.1. The largest absolute Gasteiger partial charge is 0.455 e. The Hall–Kier alpha value is -1.73. The van der Waals surface area contributed by atoms with Crippen molar-refractivity contribution in [2.45, 2.75) is 29.8 Å². The highest BCUT2D eigenvalue weighted by Gasteiger charge is 2.25. The summed E-state index contributed by atoms with van der Waals surface area (Å²) < 4.78 is 7.70. The quantitative estimate of drug-likeness (QED) is 0.849. The maximum Gasteiger partial charge on any atom is 0.289 e. The molecule has 1 fully saturated rings. The van der Waals surface area contributed by atoms with Crippen molar-refractivity contribution in [3.8, 4) is 0 Å². The first-order valence-electron chi connectivity index (χ1n) is 7.82. The number of likely N-dealkylation sites (N-methyl/N-ethyl adjacent to an activating group) is 1. The first-order chi connectivity index (χ1) is 11.2. The number of piperidine rings is 1. The van der Waals surface area contributed by atoms with Gasteiger partial charge in [-0.15, -0.1) is 0 Å². The molecule has 0 bridgehead atoms. The third-order valence-electron chi connectivity index (χ3n) is 4.11. The van der Waals surface area contributed by atoms with Crippen LogP contribution in [0.2, 0.25) is 0 Å². The van der Waals surface area contributed by atoms with Crippen LogP contribution in [0.4, 0.5) is 0 Å².